The Hall–Kier alpha value is -4.44. The molecule has 0 saturated carbocycles. The fourth-order valence-electron chi connectivity index (χ4n) is 4.76. The molecule has 0 aliphatic carbocycles. The van der Waals surface area contributed by atoms with Gasteiger partial charge in [0.1, 0.15) is 17.6 Å². The van der Waals surface area contributed by atoms with Crippen molar-refractivity contribution in [3.63, 3.8) is 0 Å². The lowest BCUT2D eigenvalue weighted by Crippen LogP contribution is -2.43. The van der Waals surface area contributed by atoms with Crippen molar-refractivity contribution in [1.82, 2.24) is 15.5 Å². The monoisotopic (exact) mass is 583 g/mol. The summed E-state index contributed by atoms with van der Waals surface area (Å²) >= 11 is 1.24. The van der Waals surface area contributed by atoms with E-state index in [2.05, 4.69) is 15.6 Å². The van der Waals surface area contributed by atoms with Gasteiger partial charge >= 0.3 is 0 Å². The van der Waals surface area contributed by atoms with Gasteiger partial charge in [-0.25, -0.2) is 9.89 Å². The molecule has 2 aliphatic heterocycles. The normalized spacial score (nSPS) is 16.1. The Kier molecular flexibility index (Phi) is 9.02. The highest BCUT2D eigenvalue weighted by Crippen LogP contribution is 2.35. The molecule has 0 radical (unpaired) electrons. The lowest BCUT2D eigenvalue weighted by atomic mass is 10.1. The standard InChI is InChI=1S/C32H33N5O4S/c1-4-27(30(39)34-18-21-15-13-20(2)14-16-21)42-32-36-24-11-7-6-10-23(24)29-35-25(31(40)37(29)32)17-28(38)33-19-22-9-5-8-12-26(22)41-3/h5-16,25,27H,4,17-19H2,1-3H3,(H,33,38)(H,34,39)/t25-,27+/m0/s1. The molecule has 2 N–H and O–H groups in total. The first kappa shape index (κ1) is 29.1. The van der Waals surface area contributed by atoms with Crippen LogP contribution < -0.4 is 15.4 Å². The summed E-state index contributed by atoms with van der Waals surface area (Å²) in [5, 5.41) is 5.79. The number of carbonyl (C=O) groups excluding carboxylic acids is 3. The number of carbonyl (C=O) groups is 3. The SMILES string of the molecule is CC[C@@H](SC1=Nc2ccccc2C2=N[C@@H](CC(=O)NCc3ccccc3OC)C(=O)N12)C(=O)NCc1ccc(C)cc1. The van der Waals surface area contributed by atoms with Crippen molar-refractivity contribution in [2.24, 2.45) is 9.98 Å². The fraction of sp³-hybridized carbons (Fsp3) is 0.281. The summed E-state index contributed by atoms with van der Waals surface area (Å²) in [7, 11) is 1.58. The molecule has 0 unspecified atom stereocenters. The van der Waals surface area contributed by atoms with Crippen LogP contribution in [-0.4, -0.2) is 52.0 Å². The van der Waals surface area contributed by atoms with E-state index in [-0.39, 0.29) is 30.7 Å². The van der Waals surface area contributed by atoms with Crippen LogP contribution in [0.1, 0.15) is 42.0 Å². The molecule has 0 saturated heterocycles. The molecule has 2 aliphatic rings. The van der Waals surface area contributed by atoms with Gasteiger partial charge in [0.25, 0.3) is 5.91 Å². The van der Waals surface area contributed by atoms with Gasteiger partial charge < -0.3 is 15.4 Å². The van der Waals surface area contributed by atoms with Gasteiger partial charge in [0.05, 0.1) is 24.5 Å². The predicted molar refractivity (Wildman–Crippen MR) is 165 cm³/mol. The van der Waals surface area contributed by atoms with Crippen molar-refractivity contribution in [3.8, 4) is 5.75 Å². The second-order valence-corrected chi connectivity index (χ2v) is 11.2. The van der Waals surface area contributed by atoms with Crippen LogP contribution in [0.3, 0.4) is 0 Å². The molecule has 3 aromatic rings. The maximum absolute atomic E-state index is 13.7. The fourth-order valence-corrected chi connectivity index (χ4v) is 5.81. The van der Waals surface area contributed by atoms with E-state index in [0.717, 1.165) is 16.7 Å². The topological polar surface area (TPSA) is 112 Å². The van der Waals surface area contributed by atoms with Crippen molar-refractivity contribution in [3.05, 3.63) is 95.1 Å². The molecule has 216 valence electrons. The first-order chi connectivity index (χ1) is 20.4. The van der Waals surface area contributed by atoms with Crippen LogP contribution in [0.4, 0.5) is 5.69 Å². The lowest BCUT2D eigenvalue weighted by Gasteiger charge is -2.27. The molecular weight excluding hydrogens is 550 g/mol. The van der Waals surface area contributed by atoms with E-state index in [9.17, 15) is 14.4 Å². The molecule has 2 atom stereocenters. The van der Waals surface area contributed by atoms with Crippen LogP contribution in [0.5, 0.6) is 5.75 Å². The molecule has 5 rings (SSSR count). The van der Waals surface area contributed by atoms with Gasteiger partial charge in [0, 0.05) is 24.2 Å². The molecule has 3 amide bonds. The molecule has 0 fully saturated rings. The van der Waals surface area contributed by atoms with Crippen LogP contribution >= 0.6 is 11.8 Å². The number of nitrogens with one attached hydrogen (secondary N) is 2. The Bertz CT molecular complexity index is 1550. The number of thioether (sulfide) groups is 1. The third kappa shape index (κ3) is 6.38. The zero-order valence-electron chi connectivity index (χ0n) is 23.8. The largest absolute Gasteiger partial charge is 0.496 e. The molecule has 9 nitrogen and oxygen atoms in total. The summed E-state index contributed by atoms with van der Waals surface area (Å²) in [6.45, 7) is 4.62. The highest BCUT2D eigenvalue weighted by Gasteiger charge is 2.43. The van der Waals surface area contributed by atoms with Gasteiger partial charge in [-0.2, -0.15) is 0 Å². The minimum Gasteiger partial charge on any atom is -0.496 e. The number of para-hydroxylation sites is 2. The van der Waals surface area contributed by atoms with E-state index in [0.29, 0.717) is 41.0 Å². The van der Waals surface area contributed by atoms with Crippen LogP contribution in [0.2, 0.25) is 0 Å². The van der Waals surface area contributed by atoms with E-state index < -0.39 is 11.3 Å². The van der Waals surface area contributed by atoms with Gasteiger partial charge in [-0.1, -0.05) is 78.8 Å². The Morgan fingerprint density at radius 1 is 1.00 bits per heavy atom. The van der Waals surface area contributed by atoms with Crippen molar-refractivity contribution in [2.75, 3.05) is 7.11 Å². The number of nitrogens with zero attached hydrogens (tertiary/aromatic N) is 3. The zero-order valence-corrected chi connectivity index (χ0v) is 24.6. The molecule has 0 aromatic heterocycles. The summed E-state index contributed by atoms with van der Waals surface area (Å²) in [5.41, 5.74) is 4.38. The number of benzene rings is 3. The Morgan fingerprint density at radius 2 is 1.74 bits per heavy atom. The average Bonchev–Trinajstić information content (AvgIpc) is 3.34. The van der Waals surface area contributed by atoms with Crippen molar-refractivity contribution in [2.45, 2.75) is 51.1 Å². The summed E-state index contributed by atoms with van der Waals surface area (Å²) in [5.74, 6) is 0.348. The molecule has 0 spiro atoms. The van der Waals surface area contributed by atoms with Gasteiger partial charge in [-0.15, -0.1) is 0 Å². The summed E-state index contributed by atoms with van der Waals surface area (Å²) in [4.78, 5) is 50.6. The minimum atomic E-state index is -0.898. The number of fused-ring (bicyclic) bond motifs is 3. The number of amides is 3. The average molecular weight is 584 g/mol. The molecule has 10 heteroatoms. The smallest absolute Gasteiger partial charge is 0.259 e. The minimum absolute atomic E-state index is 0.109. The second kappa shape index (κ2) is 13.0. The molecule has 3 aromatic carbocycles. The number of aryl methyl sites for hydroxylation is 1. The van der Waals surface area contributed by atoms with E-state index in [1.54, 1.807) is 7.11 Å². The number of amidine groups is 2. The van der Waals surface area contributed by atoms with Gasteiger partial charge in [-0.3, -0.25) is 19.4 Å². The van der Waals surface area contributed by atoms with Crippen molar-refractivity contribution >= 4 is 46.2 Å². The zero-order chi connectivity index (χ0) is 29.6. The molecular formula is C32H33N5O4S. The third-order valence-electron chi connectivity index (χ3n) is 7.09. The molecule has 2 heterocycles. The maximum atomic E-state index is 13.7. The number of rotatable bonds is 10. The Labute approximate surface area is 249 Å². The van der Waals surface area contributed by atoms with Crippen LogP contribution in [0.15, 0.2) is 82.8 Å². The number of ether oxygens (including phenoxy) is 1. The van der Waals surface area contributed by atoms with Crippen molar-refractivity contribution in [1.29, 1.82) is 0 Å². The van der Waals surface area contributed by atoms with Crippen molar-refractivity contribution < 1.29 is 19.1 Å². The van der Waals surface area contributed by atoms with Crippen LogP contribution in [0.25, 0.3) is 0 Å². The summed E-state index contributed by atoms with van der Waals surface area (Å²) < 4.78 is 5.36. The summed E-state index contributed by atoms with van der Waals surface area (Å²) in [6, 6.07) is 22.0. The number of hydrogen-bond donors (Lipinski definition) is 2. The molecule has 0 bridgehead atoms. The maximum Gasteiger partial charge on any atom is 0.259 e. The van der Waals surface area contributed by atoms with Gasteiger partial charge in [-0.05, 0) is 37.1 Å². The Balaban J connectivity index is 1.29. The quantitative estimate of drug-likeness (QED) is 0.365. The first-order valence-corrected chi connectivity index (χ1v) is 14.7. The first-order valence-electron chi connectivity index (χ1n) is 13.9. The summed E-state index contributed by atoms with van der Waals surface area (Å²) in [6.07, 6.45) is 0.427. The Morgan fingerprint density at radius 3 is 2.50 bits per heavy atom. The van der Waals surface area contributed by atoms with Gasteiger partial charge in [0.2, 0.25) is 11.8 Å². The number of hydrogen-bond acceptors (Lipinski definition) is 7. The highest BCUT2D eigenvalue weighted by molar-refractivity contribution is 8.15. The molecule has 42 heavy (non-hydrogen) atoms. The van der Waals surface area contributed by atoms with E-state index in [1.165, 1.54) is 16.7 Å². The van der Waals surface area contributed by atoms with Crippen LogP contribution in [0, 0.1) is 6.92 Å². The van der Waals surface area contributed by atoms with Gasteiger partial charge in [0.15, 0.2) is 5.17 Å². The highest BCUT2D eigenvalue weighted by atomic mass is 32.2. The van der Waals surface area contributed by atoms with E-state index in [1.807, 2.05) is 86.6 Å². The second-order valence-electron chi connectivity index (χ2n) is 10.1. The predicted octanol–water partition coefficient (Wildman–Crippen LogP) is 4.50. The van der Waals surface area contributed by atoms with E-state index >= 15 is 0 Å². The third-order valence-corrected chi connectivity index (χ3v) is 8.41. The number of methoxy groups -OCH3 is 1. The van der Waals surface area contributed by atoms with E-state index in [4.69, 9.17) is 9.73 Å². The number of aliphatic imine (C=N–C) groups is 2. The van der Waals surface area contributed by atoms with Crippen LogP contribution in [-0.2, 0) is 27.5 Å². The lowest BCUT2D eigenvalue weighted by molar-refractivity contribution is -0.128.